The summed E-state index contributed by atoms with van der Waals surface area (Å²) in [4.78, 5) is 0. The van der Waals surface area contributed by atoms with Crippen LogP contribution in [0.2, 0.25) is 0 Å². The number of fused-ring (bicyclic) bond motifs is 3. The van der Waals surface area contributed by atoms with Gasteiger partial charge in [0.25, 0.3) is 0 Å². The van der Waals surface area contributed by atoms with E-state index < -0.39 is 0 Å². The molecule has 1 N–H and O–H groups in total. The second-order valence-electron chi connectivity index (χ2n) is 9.82. The third-order valence-electron chi connectivity index (χ3n) is 8.48. The summed E-state index contributed by atoms with van der Waals surface area (Å²) in [5, 5.41) is 10.0. The van der Waals surface area contributed by atoms with Crippen molar-refractivity contribution in [3.63, 3.8) is 0 Å². The molecule has 4 rings (SSSR count). The highest BCUT2D eigenvalue weighted by Gasteiger charge is 2.63. The fourth-order valence-electron chi connectivity index (χ4n) is 7.46. The van der Waals surface area contributed by atoms with Gasteiger partial charge in [-0.3, -0.25) is 0 Å². The van der Waals surface area contributed by atoms with E-state index in [-0.39, 0.29) is 5.41 Å². The SMILES string of the molecule is C[C@@]12CC[C@@H]3[C@@](CC[C@@H]4[C@@](C)(CO)CC=C[C@]43C)(CC1)C2. The zero-order valence-electron chi connectivity index (χ0n) is 14.1. The van der Waals surface area contributed by atoms with Gasteiger partial charge >= 0.3 is 0 Å². The molecule has 3 saturated carbocycles. The van der Waals surface area contributed by atoms with Gasteiger partial charge in [0.05, 0.1) is 0 Å². The molecule has 2 bridgehead atoms. The number of aliphatic hydroxyl groups is 1. The molecule has 0 aromatic rings. The number of aliphatic hydroxyl groups excluding tert-OH is 1. The molecule has 4 aliphatic rings. The number of rotatable bonds is 1. The van der Waals surface area contributed by atoms with E-state index >= 15 is 0 Å². The van der Waals surface area contributed by atoms with Crippen LogP contribution in [0.15, 0.2) is 12.2 Å². The summed E-state index contributed by atoms with van der Waals surface area (Å²) in [7, 11) is 0. The van der Waals surface area contributed by atoms with Crippen molar-refractivity contribution in [2.45, 2.75) is 72.1 Å². The molecule has 1 heteroatoms. The largest absolute Gasteiger partial charge is 0.396 e. The Labute approximate surface area is 130 Å². The molecular formula is C20H32O. The topological polar surface area (TPSA) is 20.2 Å². The van der Waals surface area contributed by atoms with Crippen molar-refractivity contribution in [1.82, 2.24) is 0 Å². The summed E-state index contributed by atoms with van der Waals surface area (Å²) >= 11 is 0. The highest BCUT2D eigenvalue weighted by molar-refractivity contribution is 5.21. The maximum atomic E-state index is 10.0. The molecule has 0 heterocycles. The predicted molar refractivity (Wildman–Crippen MR) is 86.9 cm³/mol. The Morgan fingerprint density at radius 1 is 1.00 bits per heavy atom. The van der Waals surface area contributed by atoms with E-state index in [4.69, 9.17) is 0 Å². The average Bonchev–Trinajstić information content (AvgIpc) is 2.69. The number of hydrogen-bond acceptors (Lipinski definition) is 1. The van der Waals surface area contributed by atoms with Gasteiger partial charge in [0.2, 0.25) is 0 Å². The third kappa shape index (κ3) is 1.73. The van der Waals surface area contributed by atoms with Crippen LogP contribution >= 0.6 is 0 Å². The first-order chi connectivity index (χ1) is 9.86. The molecule has 118 valence electrons. The van der Waals surface area contributed by atoms with Crippen LogP contribution in [0.5, 0.6) is 0 Å². The molecule has 0 aliphatic heterocycles. The van der Waals surface area contributed by atoms with Crippen LogP contribution in [-0.2, 0) is 0 Å². The Kier molecular flexibility index (Phi) is 2.83. The molecule has 0 saturated heterocycles. The van der Waals surface area contributed by atoms with Crippen LogP contribution in [0, 0.1) is 33.5 Å². The normalized spacial score (nSPS) is 58.7. The Balaban J connectivity index is 1.75. The summed E-state index contributed by atoms with van der Waals surface area (Å²) in [5.41, 5.74) is 1.73. The molecule has 6 atom stereocenters. The van der Waals surface area contributed by atoms with E-state index in [0.717, 1.165) is 12.3 Å². The third-order valence-corrected chi connectivity index (χ3v) is 8.48. The van der Waals surface area contributed by atoms with E-state index in [0.29, 0.717) is 28.8 Å². The molecule has 1 spiro atoms. The molecule has 1 nitrogen and oxygen atoms in total. The van der Waals surface area contributed by atoms with Crippen LogP contribution in [0.1, 0.15) is 72.1 Å². The maximum Gasteiger partial charge on any atom is 0.0490 e. The van der Waals surface area contributed by atoms with Gasteiger partial charge in [0.15, 0.2) is 0 Å². The highest BCUT2D eigenvalue weighted by atomic mass is 16.3. The Morgan fingerprint density at radius 3 is 2.52 bits per heavy atom. The van der Waals surface area contributed by atoms with Crippen molar-refractivity contribution in [2.75, 3.05) is 6.61 Å². The van der Waals surface area contributed by atoms with Gasteiger partial charge in [0, 0.05) is 6.61 Å². The fraction of sp³-hybridized carbons (Fsp3) is 0.900. The standard InChI is InChI=1S/C20H32O/c1-17-9-5-16-19(3)8-4-7-18(2,14-21)15(19)6-10-20(16,13-17)12-11-17/h4,8,15-16,21H,5-7,9-14H2,1-3H3/t15-,16+,17-,18-,19-,20+/m1/s1. The van der Waals surface area contributed by atoms with Crippen LogP contribution in [0.25, 0.3) is 0 Å². The van der Waals surface area contributed by atoms with Crippen LogP contribution in [0.4, 0.5) is 0 Å². The minimum atomic E-state index is 0.116. The molecule has 0 aromatic heterocycles. The lowest BCUT2D eigenvalue weighted by Crippen LogP contribution is -2.56. The summed E-state index contributed by atoms with van der Waals surface area (Å²) in [6.45, 7) is 7.77. The summed E-state index contributed by atoms with van der Waals surface area (Å²) < 4.78 is 0. The molecule has 21 heavy (non-hydrogen) atoms. The first-order valence-electron chi connectivity index (χ1n) is 9.15. The smallest absolute Gasteiger partial charge is 0.0490 e. The Hall–Kier alpha value is -0.300. The van der Waals surface area contributed by atoms with Gasteiger partial charge in [-0.1, -0.05) is 32.9 Å². The van der Waals surface area contributed by atoms with E-state index in [1.807, 2.05) is 0 Å². The average molecular weight is 288 g/mol. The predicted octanol–water partition coefficient (Wildman–Crippen LogP) is 4.95. The first kappa shape index (κ1) is 14.3. The van der Waals surface area contributed by atoms with Crippen LogP contribution < -0.4 is 0 Å². The van der Waals surface area contributed by atoms with Gasteiger partial charge in [-0.2, -0.15) is 0 Å². The molecule has 0 unspecified atom stereocenters. The van der Waals surface area contributed by atoms with Crippen molar-refractivity contribution in [3.05, 3.63) is 12.2 Å². The zero-order valence-corrected chi connectivity index (χ0v) is 14.1. The van der Waals surface area contributed by atoms with E-state index in [9.17, 15) is 5.11 Å². The Morgan fingerprint density at radius 2 is 1.76 bits per heavy atom. The minimum absolute atomic E-state index is 0.116. The second kappa shape index (κ2) is 4.16. The molecule has 4 aliphatic carbocycles. The second-order valence-corrected chi connectivity index (χ2v) is 9.82. The molecule has 3 fully saturated rings. The maximum absolute atomic E-state index is 10.0. The van der Waals surface area contributed by atoms with Gasteiger partial charge in [-0.25, -0.2) is 0 Å². The highest BCUT2D eigenvalue weighted by Crippen LogP contribution is 2.72. The molecule has 0 radical (unpaired) electrons. The quantitative estimate of drug-likeness (QED) is 0.677. The Bertz CT molecular complexity index is 482. The van der Waals surface area contributed by atoms with Crippen molar-refractivity contribution in [1.29, 1.82) is 0 Å². The molecule has 0 amide bonds. The van der Waals surface area contributed by atoms with Crippen molar-refractivity contribution >= 4 is 0 Å². The first-order valence-corrected chi connectivity index (χ1v) is 9.15. The van der Waals surface area contributed by atoms with Gasteiger partial charge in [0.1, 0.15) is 0 Å². The summed E-state index contributed by atoms with van der Waals surface area (Å²) in [6.07, 6.45) is 16.1. The summed E-state index contributed by atoms with van der Waals surface area (Å²) in [5.74, 6) is 1.54. The van der Waals surface area contributed by atoms with Crippen molar-refractivity contribution in [2.24, 2.45) is 33.5 Å². The lowest BCUT2D eigenvalue weighted by atomic mass is 9.42. The van der Waals surface area contributed by atoms with E-state index in [1.54, 1.807) is 0 Å². The summed E-state index contributed by atoms with van der Waals surface area (Å²) in [6, 6.07) is 0. The van der Waals surface area contributed by atoms with E-state index in [1.165, 1.54) is 44.9 Å². The van der Waals surface area contributed by atoms with E-state index in [2.05, 4.69) is 32.9 Å². The monoisotopic (exact) mass is 288 g/mol. The minimum Gasteiger partial charge on any atom is -0.396 e. The van der Waals surface area contributed by atoms with Crippen LogP contribution in [-0.4, -0.2) is 11.7 Å². The van der Waals surface area contributed by atoms with Crippen LogP contribution in [0.3, 0.4) is 0 Å². The van der Waals surface area contributed by atoms with Gasteiger partial charge in [-0.05, 0) is 84.9 Å². The van der Waals surface area contributed by atoms with Gasteiger partial charge in [-0.15, -0.1) is 0 Å². The molecular weight excluding hydrogens is 256 g/mol. The lowest BCUT2D eigenvalue weighted by molar-refractivity contribution is -0.120. The number of allylic oxidation sites excluding steroid dienone is 2. The zero-order chi connectivity index (χ0) is 14.9. The molecule has 0 aromatic carbocycles. The van der Waals surface area contributed by atoms with Crippen molar-refractivity contribution < 1.29 is 5.11 Å². The number of hydrogen-bond donors (Lipinski definition) is 1. The van der Waals surface area contributed by atoms with Crippen molar-refractivity contribution in [3.8, 4) is 0 Å². The van der Waals surface area contributed by atoms with Gasteiger partial charge < -0.3 is 5.11 Å². The fourth-order valence-corrected chi connectivity index (χ4v) is 7.46. The lowest BCUT2D eigenvalue weighted by Gasteiger charge is -2.63.